The Balaban J connectivity index is 1.80. The number of carboxylic acids is 1. The van der Waals surface area contributed by atoms with Crippen molar-refractivity contribution in [1.82, 2.24) is 5.32 Å². The third kappa shape index (κ3) is 4.73. The minimum Gasteiger partial charge on any atom is -0.487 e. The molecular formula is C17H14BrClN2O5S. The maximum Gasteiger partial charge on any atom is 0.321 e. The Morgan fingerprint density at radius 2 is 2.11 bits per heavy atom. The standard InChI is InChI=1S/C17H14BrClN2O5S/c18-13-6-10(19)5-12(16-20-14(8-27-16)17(22)23)15(13)26-7-9-1-3-11(4-2-9)21(24)25/h1-6,14,16,20H,7-8H2,(H,22,23). The first-order chi connectivity index (χ1) is 12.8. The quantitative estimate of drug-likeness (QED) is 0.474. The molecule has 0 bridgehead atoms. The van der Waals surface area contributed by atoms with Gasteiger partial charge in [-0.3, -0.25) is 20.2 Å². The first-order valence-corrected chi connectivity index (χ1v) is 10.0. The number of rotatable bonds is 6. The maximum atomic E-state index is 11.2. The van der Waals surface area contributed by atoms with E-state index in [1.54, 1.807) is 24.3 Å². The highest BCUT2D eigenvalue weighted by Crippen LogP contribution is 2.43. The molecule has 0 aliphatic carbocycles. The number of thioether (sulfide) groups is 1. The third-order valence-electron chi connectivity index (χ3n) is 3.93. The number of non-ortho nitro benzene ring substituents is 1. The SMILES string of the molecule is O=C(O)C1CSC(c2cc(Cl)cc(Br)c2OCc2ccc([N+](=O)[O-])cc2)N1. The van der Waals surface area contributed by atoms with Gasteiger partial charge >= 0.3 is 5.97 Å². The molecule has 2 atom stereocenters. The van der Waals surface area contributed by atoms with E-state index in [1.807, 2.05) is 0 Å². The fourth-order valence-corrected chi connectivity index (χ4v) is 4.78. The molecule has 10 heteroatoms. The zero-order valence-electron chi connectivity index (χ0n) is 13.7. The summed E-state index contributed by atoms with van der Waals surface area (Å²) in [4.78, 5) is 21.5. The van der Waals surface area contributed by atoms with E-state index in [-0.39, 0.29) is 17.7 Å². The van der Waals surface area contributed by atoms with E-state index in [1.165, 1.54) is 23.9 Å². The molecular weight excluding hydrogens is 460 g/mol. The molecule has 1 saturated heterocycles. The minimum absolute atomic E-state index is 0.0124. The van der Waals surface area contributed by atoms with Gasteiger partial charge in [0.15, 0.2) is 0 Å². The van der Waals surface area contributed by atoms with Gasteiger partial charge in [0.05, 0.1) is 14.8 Å². The van der Waals surface area contributed by atoms with Gasteiger partial charge in [0.2, 0.25) is 0 Å². The van der Waals surface area contributed by atoms with Crippen molar-refractivity contribution in [3.63, 3.8) is 0 Å². The molecule has 0 spiro atoms. The first kappa shape index (κ1) is 19.9. The van der Waals surface area contributed by atoms with Crippen LogP contribution >= 0.6 is 39.3 Å². The Labute approximate surface area is 172 Å². The van der Waals surface area contributed by atoms with Crippen LogP contribution in [0.3, 0.4) is 0 Å². The van der Waals surface area contributed by atoms with Crippen molar-refractivity contribution in [3.05, 3.63) is 67.1 Å². The minimum atomic E-state index is -0.903. The lowest BCUT2D eigenvalue weighted by Gasteiger charge is -2.19. The Morgan fingerprint density at radius 3 is 2.70 bits per heavy atom. The Morgan fingerprint density at radius 1 is 1.41 bits per heavy atom. The van der Waals surface area contributed by atoms with Gasteiger partial charge in [-0.2, -0.15) is 0 Å². The summed E-state index contributed by atoms with van der Waals surface area (Å²) in [5, 5.41) is 23.2. The van der Waals surface area contributed by atoms with Crippen molar-refractivity contribution in [2.24, 2.45) is 0 Å². The number of nitrogens with zero attached hydrogens (tertiary/aromatic N) is 1. The molecule has 0 amide bonds. The summed E-state index contributed by atoms with van der Waals surface area (Å²) in [5.74, 6) is 0.0829. The van der Waals surface area contributed by atoms with Crippen molar-refractivity contribution < 1.29 is 19.6 Å². The number of aliphatic carboxylic acids is 1. The van der Waals surface area contributed by atoms with Gasteiger partial charge in [-0.05, 0) is 45.8 Å². The highest BCUT2D eigenvalue weighted by Gasteiger charge is 2.32. The van der Waals surface area contributed by atoms with Gasteiger partial charge in [-0.1, -0.05) is 11.6 Å². The average molecular weight is 474 g/mol. The molecule has 3 rings (SSSR count). The number of nitrogens with one attached hydrogen (secondary N) is 1. The van der Waals surface area contributed by atoms with Crippen LogP contribution in [-0.4, -0.2) is 27.8 Å². The highest BCUT2D eigenvalue weighted by molar-refractivity contribution is 9.10. The molecule has 1 aliphatic heterocycles. The third-order valence-corrected chi connectivity index (χ3v) is 5.99. The van der Waals surface area contributed by atoms with Gasteiger partial charge in [-0.15, -0.1) is 11.8 Å². The zero-order valence-corrected chi connectivity index (χ0v) is 16.9. The molecule has 2 aromatic carbocycles. The van der Waals surface area contributed by atoms with E-state index in [4.69, 9.17) is 16.3 Å². The van der Waals surface area contributed by atoms with Crippen LogP contribution in [0.2, 0.25) is 5.02 Å². The van der Waals surface area contributed by atoms with Crippen molar-refractivity contribution in [2.45, 2.75) is 18.0 Å². The smallest absolute Gasteiger partial charge is 0.321 e. The fraction of sp³-hybridized carbons (Fsp3) is 0.235. The first-order valence-electron chi connectivity index (χ1n) is 7.80. The van der Waals surface area contributed by atoms with Crippen LogP contribution in [0.5, 0.6) is 5.75 Å². The summed E-state index contributed by atoms with van der Waals surface area (Å²) in [6.07, 6.45) is 0. The molecule has 0 aromatic heterocycles. The summed E-state index contributed by atoms with van der Waals surface area (Å²) < 4.78 is 6.59. The van der Waals surface area contributed by atoms with Crippen molar-refractivity contribution >= 4 is 50.9 Å². The molecule has 2 N–H and O–H groups in total. The highest BCUT2D eigenvalue weighted by atomic mass is 79.9. The molecule has 27 heavy (non-hydrogen) atoms. The van der Waals surface area contributed by atoms with E-state index in [2.05, 4.69) is 21.2 Å². The van der Waals surface area contributed by atoms with Gasteiger partial charge in [0.1, 0.15) is 18.4 Å². The second-order valence-electron chi connectivity index (χ2n) is 5.79. The second kappa shape index (κ2) is 8.47. The predicted octanol–water partition coefficient (Wildman–Crippen LogP) is 4.38. The monoisotopic (exact) mass is 472 g/mol. The number of hydrogen-bond acceptors (Lipinski definition) is 6. The average Bonchev–Trinajstić information content (AvgIpc) is 3.11. The van der Waals surface area contributed by atoms with Crippen molar-refractivity contribution in [2.75, 3.05) is 5.75 Å². The van der Waals surface area contributed by atoms with Crippen LogP contribution in [0.15, 0.2) is 40.9 Å². The number of nitro groups is 1. The number of carboxylic acid groups (broad SMARTS) is 1. The predicted molar refractivity (Wildman–Crippen MR) is 106 cm³/mol. The maximum absolute atomic E-state index is 11.2. The number of benzene rings is 2. The van der Waals surface area contributed by atoms with Gasteiger partial charge in [-0.25, -0.2) is 0 Å². The van der Waals surface area contributed by atoms with Crippen LogP contribution < -0.4 is 10.1 Å². The molecule has 1 heterocycles. The lowest BCUT2D eigenvalue weighted by Crippen LogP contribution is -2.33. The van der Waals surface area contributed by atoms with Gasteiger partial charge in [0, 0.05) is 28.5 Å². The van der Waals surface area contributed by atoms with Crippen LogP contribution in [-0.2, 0) is 11.4 Å². The molecule has 2 unspecified atom stereocenters. The van der Waals surface area contributed by atoms with Crippen LogP contribution in [0.25, 0.3) is 0 Å². The summed E-state index contributed by atoms with van der Waals surface area (Å²) in [6, 6.07) is 8.90. The summed E-state index contributed by atoms with van der Waals surface area (Å²) in [6.45, 7) is 0.199. The number of ether oxygens (including phenoxy) is 1. The molecule has 2 aromatic rings. The molecule has 0 saturated carbocycles. The van der Waals surface area contributed by atoms with Crippen LogP contribution in [0.1, 0.15) is 16.5 Å². The van der Waals surface area contributed by atoms with E-state index >= 15 is 0 Å². The number of halogens is 2. The van der Waals surface area contributed by atoms with Gasteiger partial charge in [0.25, 0.3) is 5.69 Å². The lowest BCUT2D eigenvalue weighted by molar-refractivity contribution is -0.384. The van der Waals surface area contributed by atoms with Crippen LogP contribution in [0, 0.1) is 10.1 Å². The molecule has 7 nitrogen and oxygen atoms in total. The molecule has 0 radical (unpaired) electrons. The number of nitro benzene ring substituents is 1. The van der Waals surface area contributed by atoms with Gasteiger partial charge < -0.3 is 9.84 Å². The van der Waals surface area contributed by atoms with Crippen molar-refractivity contribution in [1.29, 1.82) is 0 Å². The largest absolute Gasteiger partial charge is 0.487 e. The van der Waals surface area contributed by atoms with E-state index in [0.717, 1.165) is 11.1 Å². The number of carbonyl (C=O) groups is 1. The van der Waals surface area contributed by atoms with E-state index in [9.17, 15) is 20.0 Å². The number of hydrogen-bond donors (Lipinski definition) is 2. The van der Waals surface area contributed by atoms with Crippen molar-refractivity contribution in [3.8, 4) is 5.75 Å². The van der Waals surface area contributed by atoms with E-state index in [0.29, 0.717) is 21.0 Å². The summed E-state index contributed by atoms with van der Waals surface area (Å²) in [5.41, 5.74) is 1.52. The summed E-state index contributed by atoms with van der Waals surface area (Å²) in [7, 11) is 0. The topological polar surface area (TPSA) is 102 Å². The lowest BCUT2D eigenvalue weighted by atomic mass is 10.1. The Bertz CT molecular complexity index is 880. The molecule has 142 valence electrons. The Hall–Kier alpha value is -1.81. The summed E-state index contributed by atoms with van der Waals surface area (Å²) >= 11 is 11.1. The molecule has 1 fully saturated rings. The zero-order chi connectivity index (χ0) is 19.6. The van der Waals surface area contributed by atoms with Crippen LogP contribution in [0.4, 0.5) is 5.69 Å². The fourth-order valence-electron chi connectivity index (χ4n) is 2.59. The van der Waals surface area contributed by atoms with E-state index < -0.39 is 16.9 Å². The second-order valence-corrected chi connectivity index (χ2v) is 8.22. The Kier molecular flexibility index (Phi) is 6.25. The molecule has 1 aliphatic rings. The normalized spacial score (nSPS) is 19.0.